The number of nitrogens with zero attached hydrogens (tertiary/aromatic N) is 1. The maximum Gasteiger partial charge on any atom is 0.279 e. The summed E-state index contributed by atoms with van der Waals surface area (Å²) in [5, 5.41) is 9.14. The van der Waals surface area contributed by atoms with E-state index in [1.165, 1.54) is 36.1 Å². The number of aryl methyl sites for hydroxylation is 1. The average molecular weight is 451 g/mol. The molecule has 3 rings (SSSR count). The zero-order valence-corrected chi connectivity index (χ0v) is 18.4. The number of amides is 1. The van der Waals surface area contributed by atoms with E-state index in [9.17, 15) is 13.2 Å². The average Bonchev–Trinajstić information content (AvgIpc) is 2.79. The van der Waals surface area contributed by atoms with Crippen molar-refractivity contribution in [2.75, 3.05) is 27.3 Å². The summed E-state index contributed by atoms with van der Waals surface area (Å²) in [6.07, 6.45) is 0.892. The van der Waals surface area contributed by atoms with Gasteiger partial charge in [-0.05, 0) is 44.0 Å². The molecule has 1 saturated heterocycles. The summed E-state index contributed by atoms with van der Waals surface area (Å²) in [6, 6.07) is 10.4. The van der Waals surface area contributed by atoms with Crippen molar-refractivity contribution in [1.29, 1.82) is 0 Å². The van der Waals surface area contributed by atoms with Crippen LogP contribution in [-0.2, 0) is 10.0 Å². The van der Waals surface area contributed by atoms with Crippen LogP contribution in [0.2, 0.25) is 0 Å². The van der Waals surface area contributed by atoms with Crippen LogP contribution in [-0.4, -0.2) is 57.3 Å². The summed E-state index contributed by atoms with van der Waals surface area (Å²) in [5.41, 5.74) is 2.30. The molecule has 1 aliphatic heterocycles. The fourth-order valence-electron chi connectivity index (χ4n) is 3.53. The van der Waals surface area contributed by atoms with Gasteiger partial charge < -0.3 is 14.2 Å². The number of hydrogen-bond acceptors (Lipinski definition) is 7. The number of hydrogen-bond donors (Lipinski definition) is 2. The van der Waals surface area contributed by atoms with Gasteiger partial charge in [0, 0.05) is 13.1 Å². The molecule has 0 radical (unpaired) electrons. The number of benzene rings is 2. The summed E-state index contributed by atoms with van der Waals surface area (Å²) in [7, 11) is -1.38. The van der Waals surface area contributed by atoms with Gasteiger partial charge in [-0.2, -0.15) is 4.31 Å². The Hall–Kier alpha value is -2.82. The normalized spacial score (nSPS) is 15.4. The van der Waals surface area contributed by atoms with Crippen molar-refractivity contribution in [1.82, 2.24) is 9.79 Å². The summed E-state index contributed by atoms with van der Waals surface area (Å²) in [5.74, 6) is -0.168. The van der Waals surface area contributed by atoms with Gasteiger partial charge in [0.1, 0.15) is 17.4 Å². The molecule has 1 aliphatic rings. The van der Waals surface area contributed by atoms with E-state index in [2.05, 4.69) is 0 Å². The topological polar surface area (TPSA) is 114 Å². The molecule has 0 unspecified atom stereocenters. The molecule has 1 amide bonds. The molecule has 10 heteroatoms. The Labute approximate surface area is 181 Å². The van der Waals surface area contributed by atoms with Gasteiger partial charge in [0.05, 0.1) is 19.1 Å². The molecule has 0 saturated carbocycles. The van der Waals surface area contributed by atoms with Crippen molar-refractivity contribution in [3.8, 4) is 17.2 Å². The Morgan fingerprint density at radius 1 is 1.06 bits per heavy atom. The molecule has 2 aromatic rings. The second-order valence-corrected chi connectivity index (χ2v) is 9.06. The van der Waals surface area contributed by atoms with Crippen molar-refractivity contribution in [3.63, 3.8) is 0 Å². The second-order valence-electron chi connectivity index (χ2n) is 7.15. The van der Waals surface area contributed by atoms with E-state index >= 15 is 0 Å². The fraction of sp³-hybridized carbons (Fsp3) is 0.381. The Kier molecular flexibility index (Phi) is 7.04. The number of carbonyl (C=O) groups is 1. The third kappa shape index (κ3) is 4.76. The van der Waals surface area contributed by atoms with Crippen LogP contribution in [0.15, 0.2) is 41.3 Å². The third-order valence-electron chi connectivity index (χ3n) is 5.18. The predicted molar refractivity (Wildman–Crippen MR) is 112 cm³/mol. The van der Waals surface area contributed by atoms with Crippen LogP contribution in [0.25, 0.3) is 0 Å². The first-order valence-electron chi connectivity index (χ1n) is 9.74. The Morgan fingerprint density at radius 3 is 2.26 bits per heavy atom. The van der Waals surface area contributed by atoms with Crippen LogP contribution in [0.1, 0.15) is 28.8 Å². The minimum atomic E-state index is -4.04. The summed E-state index contributed by atoms with van der Waals surface area (Å²) < 4.78 is 44.3. The Bertz CT molecular complexity index is 1030. The van der Waals surface area contributed by atoms with E-state index in [1.807, 2.05) is 31.2 Å². The van der Waals surface area contributed by atoms with Crippen LogP contribution < -0.4 is 19.7 Å². The molecule has 1 heterocycles. The van der Waals surface area contributed by atoms with Crippen LogP contribution in [0.3, 0.4) is 0 Å². The molecular formula is C21H26N2O7S. The first-order valence-corrected chi connectivity index (χ1v) is 11.2. The second kappa shape index (κ2) is 9.54. The molecule has 1 fully saturated rings. The maximum absolute atomic E-state index is 13.3. The lowest BCUT2D eigenvalue weighted by atomic mass is 10.1. The molecule has 31 heavy (non-hydrogen) atoms. The highest BCUT2D eigenvalue weighted by Gasteiger charge is 2.35. The van der Waals surface area contributed by atoms with Crippen LogP contribution in [0.5, 0.6) is 17.2 Å². The highest BCUT2D eigenvalue weighted by Crippen LogP contribution is 2.37. The lowest BCUT2D eigenvalue weighted by molar-refractivity contribution is 0.0698. The molecule has 168 valence electrons. The predicted octanol–water partition coefficient (Wildman–Crippen LogP) is 2.36. The van der Waals surface area contributed by atoms with Crippen molar-refractivity contribution in [2.45, 2.75) is 30.8 Å². The van der Waals surface area contributed by atoms with Gasteiger partial charge in [0.2, 0.25) is 10.0 Å². The number of carbonyl (C=O) groups excluding carboxylic acids is 1. The largest absolute Gasteiger partial charge is 0.493 e. The zero-order valence-electron chi connectivity index (χ0n) is 17.6. The van der Waals surface area contributed by atoms with Crippen molar-refractivity contribution >= 4 is 15.9 Å². The molecule has 9 nitrogen and oxygen atoms in total. The van der Waals surface area contributed by atoms with Gasteiger partial charge in [0.25, 0.3) is 5.91 Å². The smallest absolute Gasteiger partial charge is 0.279 e. The minimum absolute atomic E-state index is 0.0762. The molecule has 0 bridgehead atoms. The van der Waals surface area contributed by atoms with E-state index in [0.717, 1.165) is 11.3 Å². The first kappa shape index (κ1) is 22.9. The number of rotatable bonds is 7. The fourth-order valence-corrected chi connectivity index (χ4v) is 5.19. The van der Waals surface area contributed by atoms with E-state index in [4.69, 9.17) is 19.4 Å². The van der Waals surface area contributed by atoms with Crippen molar-refractivity contribution in [3.05, 3.63) is 47.5 Å². The number of sulfonamides is 1. The van der Waals surface area contributed by atoms with Gasteiger partial charge >= 0.3 is 0 Å². The molecular weight excluding hydrogens is 424 g/mol. The molecule has 0 atom stereocenters. The number of nitrogens with one attached hydrogen (secondary N) is 1. The monoisotopic (exact) mass is 450 g/mol. The van der Waals surface area contributed by atoms with Crippen LogP contribution in [0.4, 0.5) is 0 Å². The first-order chi connectivity index (χ1) is 14.8. The van der Waals surface area contributed by atoms with Crippen LogP contribution in [0, 0.1) is 6.92 Å². The Balaban J connectivity index is 1.82. The van der Waals surface area contributed by atoms with Gasteiger partial charge in [-0.25, -0.2) is 13.9 Å². The number of ether oxygens (including phenoxy) is 3. The molecule has 2 N–H and O–H groups in total. The third-order valence-corrected chi connectivity index (χ3v) is 7.12. The van der Waals surface area contributed by atoms with E-state index in [0.29, 0.717) is 12.8 Å². The minimum Gasteiger partial charge on any atom is -0.493 e. The quantitative estimate of drug-likeness (QED) is 0.492. The summed E-state index contributed by atoms with van der Waals surface area (Å²) >= 11 is 0. The maximum atomic E-state index is 13.3. The van der Waals surface area contributed by atoms with Gasteiger partial charge in [-0.3, -0.25) is 10.0 Å². The highest BCUT2D eigenvalue weighted by atomic mass is 32.2. The van der Waals surface area contributed by atoms with Gasteiger partial charge in [-0.1, -0.05) is 17.7 Å². The van der Waals surface area contributed by atoms with Gasteiger partial charge in [0.15, 0.2) is 11.5 Å². The molecule has 2 aromatic carbocycles. The van der Waals surface area contributed by atoms with Gasteiger partial charge in [-0.15, -0.1) is 0 Å². The molecule has 0 aromatic heterocycles. The summed E-state index contributed by atoms with van der Waals surface area (Å²) in [4.78, 5) is 12.0. The molecule has 0 spiro atoms. The zero-order chi connectivity index (χ0) is 22.6. The summed E-state index contributed by atoms with van der Waals surface area (Å²) in [6.45, 7) is 2.45. The van der Waals surface area contributed by atoms with E-state index < -0.39 is 15.9 Å². The standard InChI is InChI=1S/C21H26N2O7S/c1-14-4-6-15(7-5-14)30-16-10-12-23(13-11-16)31(26,27)18-9-8-17(28-2)20(29-3)19(18)21(24)22-25/h4-9,16,25H,10-13H2,1-3H3,(H,22,24). The highest BCUT2D eigenvalue weighted by molar-refractivity contribution is 7.89. The van der Waals surface area contributed by atoms with Crippen molar-refractivity contribution in [2.24, 2.45) is 0 Å². The number of methoxy groups -OCH3 is 2. The van der Waals surface area contributed by atoms with Crippen molar-refractivity contribution < 1.29 is 32.6 Å². The van der Waals surface area contributed by atoms with E-state index in [-0.39, 0.29) is 41.2 Å². The van der Waals surface area contributed by atoms with Crippen LogP contribution >= 0.6 is 0 Å². The lowest BCUT2D eigenvalue weighted by Crippen LogP contribution is -2.42. The SMILES string of the molecule is COc1ccc(S(=O)(=O)N2CCC(Oc3ccc(C)cc3)CC2)c(C(=O)NO)c1OC. The van der Waals surface area contributed by atoms with E-state index in [1.54, 1.807) is 0 Å². The lowest BCUT2D eigenvalue weighted by Gasteiger charge is -2.32. The number of piperidine rings is 1. The molecule has 0 aliphatic carbocycles. The number of hydroxylamine groups is 1. The Morgan fingerprint density at radius 2 is 1.71 bits per heavy atom.